The molecule has 2 aromatic rings. The summed E-state index contributed by atoms with van der Waals surface area (Å²) >= 11 is 0. The highest BCUT2D eigenvalue weighted by Crippen LogP contribution is 2.33. The number of carbonyl (C=O) groups is 2. The van der Waals surface area contributed by atoms with E-state index in [1.807, 2.05) is 54.3 Å². The summed E-state index contributed by atoms with van der Waals surface area (Å²) in [6.45, 7) is 4.29. The van der Waals surface area contributed by atoms with Gasteiger partial charge in [0, 0.05) is 38.4 Å². The van der Waals surface area contributed by atoms with E-state index in [0.29, 0.717) is 18.9 Å². The fraction of sp³-hybridized carbons (Fsp3) is 0.480. The number of hydrogen-bond donors (Lipinski definition) is 0. The Morgan fingerprint density at radius 1 is 1.10 bits per heavy atom. The number of rotatable bonds is 6. The molecule has 2 saturated heterocycles. The third-order valence-electron chi connectivity index (χ3n) is 6.69. The molecule has 5 nitrogen and oxygen atoms in total. The van der Waals surface area contributed by atoms with Gasteiger partial charge in [0.2, 0.25) is 11.8 Å². The SMILES string of the molecule is CC(C(=O)N1CCC[C@H]2CN(C(=O)CCCc3ccncc3)C[C@H]21)c1ccccc1. The third-order valence-corrected chi connectivity index (χ3v) is 6.69. The predicted molar refractivity (Wildman–Crippen MR) is 117 cm³/mol. The third kappa shape index (κ3) is 4.55. The second kappa shape index (κ2) is 9.41. The van der Waals surface area contributed by atoms with E-state index in [1.54, 1.807) is 12.4 Å². The van der Waals surface area contributed by atoms with Crippen LogP contribution in [0, 0.1) is 5.92 Å². The molecule has 0 aliphatic carbocycles. The van der Waals surface area contributed by atoms with E-state index < -0.39 is 0 Å². The Bertz CT molecular complexity index is 855. The van der Waals surface area contributed by atoms with Gasteiger partial charge in [-0.3, -0.25) is 14.6 Å². The van der Waals surface area contributed by atoms with E-state index in [2.05, 4.69) is 9.88 Å². The maximum Gasteiger partial charge on any atom is 0.230 e. The molecule has 3 heterocycles. The second-order valence-corrected chi connectivity index (χ2v) is 8.64. The Balaban J connectivity index is 1.34. The Labute approximate surface area is 179 Å². The first-order valence-electron chi connectivity index (χ1n) is 11.2. The molecule has 2 fully saturated rings. The summed E-state index contributed by atoms with van der Waals surface area (Å²) in [5.74, 6) is 0.690. The van der Waals surface area contributed by atoms with Crippen LogP contribution in [0.3, 0.4) is 0 Å². The summed E-state index contributed by atoms with van der Waals surface area (Å²) in [6, 6.07) is 14.2. The van der Waals surface area contributed by atoms with Crippen molar-refractivity contribution < 1.29 is 9.59 Å². The maximum atomic E-state index is 13.3. The molecule has 2 amide bonds. The highest BCUT2D eigenvalue weighted by atomic mass is 16.2. The standard InChI is InChI=1S/C25H31N3O2/c1-19(21-8-3-2-4-9-21)25(30)28-16-6-10-22-17-27(18-23(22)28)24(29)11-5-7-20-12-14-26-15-13-20/h2-4,8-9,12-15,19,22-23H,5-7,10-11,16-18H2,1H3/t19?,22-,23+/m0/s1. The zero-order chi connectivity index (χ0) is 20.9. The lowest BCUT2D eigenvalue weighted by atomic mass is 9.90. The minimum absolute atomic E-state index is 0.143. The van der Waals surface area contributed by atoms with E-state index in [0.717, 1.165) is 44.3 Å². The summed E-state index contributed by atoms with van der Waals surface area (Å²) in [4.78, 5) is 34.2. The van der Waals surface area contributed by atoms with Crippen LogP contribution in [0.4, 0.5) is 0 Å². The average Bonchev–Trinajstić information content (AvgIpc) is 3.24. The smallest absolute Gasteiger partial charge is 0.230 e. The largest absolute Gasteiger partial charge is 0.340 e. The minimum atomic E-state index is -0.143. The fourth-order valence-electron chi connectivity index (χ4n) is 4.94. The molecule has 5 heteroatoms. The van der Waals surface area contributed by atoms with Crippen LogP contribution in [0.15, 0.2) is 54.9 Å². The molecule has 4 rings (SSSR count). The van der Waals surface area contributed by atoms with Gasteiger partial charge in [0.25, 0.3) is 0 Å². The zero-order valence-electron chi connectivity index (χ0n) is 17.7. The number of likely N-dealkylation sites (tertiary alicyclic amines) is 2. The fourth-order valence-corrected chi connectivity index (χ4v) is 4.94. The van der Waals surface area contributed by atoms with Crippen molar-refractivity contribution in [3.8, 4) is 0 Å². The van der Waals surface area contributed by atoms with Crippen LogP contribution in [-0.4, -0.2) is 52.3 Å². The summed E-state index contributed by atoms with van der Waals surface area (Å²) in [7, 11) is 0. The van der Waals surface area contributed by atoms with Crippen LogP contribution in [0.2, 0.25) is 0 Å². The number of amides is 2. The van der Waals surface area contributed by atoms with Gasteiger partial charge in [0.05, 0.1) is 12.0 Å². The monoisotopic (exact) mass is 405 g/mol. The van der Waals surface area contributed by atoms with E-state index in [1.165, 1.54) is 5.56 Å². The van der Waals surface area contributed by atoms with E-state index in [-0.39, 0.29) is 23.8 Å². The molecule has 1 aromatic carbocycles. The highest BCUT2D eigenvalue weighted by molar-refractivity contribution is 5.84. The van der Waals surface area contributed by atoms with Gasteiger partial charge in [-0.15, -0.1) is 0 Å². The molecule has 0 radical (unpaired) electrons. The van der Waals surface area contributed by atoms with Crippen LogP contribution in [0.5, 0.6) is 0 Å². The van der Waals surface area contributed by atoms with Crippen LogP contribution >= 0.6 is 0 Å². The van der Waals surface area contributed by atoms with Gasteiger partial charge in [-0.25, -0.2) is 0 Å². The first-order valence-corrected chi connectivity index (χ1v) is 11.2. The lowest BCUT2D eigenvalue weighted by Crippen LogP contribution is -2.49. The predicted octanol–water partition coefficient (Wildman–Crippen LogP) is 3.66. The van der Waals surface area contributed by atoms with Gasteiger partial charge in [-0.1, -0.05) is 30.3 Å². The molecule has 0 saturated carbocycles. The van der Waals surface area contributed by atoms with Crippen molar-refractivity contribution in [2.75, 3.05) is 19.6 Å². The van der Waals surface area contributed by atoms with E-state index in [4.69, 9.17) is 0 Å². The molecule has 1 unspecified atom stereocenters. The van der Waals surface area contributed by atoms with Crippen molar-refractivity contribution in [2.45, 2.75) is 51.0 Å². The maximum absolute atomic E-state index is 13.3. The summed E-state index contributed by atoms with van der Waals surface area (Å²) in [6.07, 6.45) is 8.04. The first-order chi connectivity index (χ1) is 14.6. The van der Waals surface area contributed by atoms with Gasteiger partial charge in [0.1, 0.15) is 0 Å². The molecule has 0 bridgehead atoms. The molecule has 2 aliphatic heterocycles. The summed E-state index contributed by atoms with van der Waals surface area (Å²) in [5.41, 5.74) is 2.28. The zero-order valence-corrected chi connectivity index (χ0v) is 17.7. The first kappa shape index (κ1) is 20.6. The number of fused-ring (bicyclic) bond motifs is 1. The molecule has 2 aliphatic rings. The number of carbonyl (C=O) groups excluding carboxylic acids is 2. The Hall–Kier alpha value is -2.69. The average molecular weight is 406 g/mol. The van der Waals surface area contributed by atoms with Crippen molar-refractivity contribution >= 4 is 11.8 Å². The van der Waals surface area contributed by atoms with Crippen LogP contribution in [-0.2, 0) is 16.0 Å². The summed E-state index contributed by atoms with van der Waals surface area (Å²) in [5, 5.41) is 0. The van der Waals surface area contributed by atoms with Crippen LogP contribution in [0.1, 0.15) is 49.7 Å². The number of benzene rings is 1. The van der Waals surface area contributed by atoms with E-state index in [9.17, 15) is 9.59 Å². The van der Waals surface area contributed by atoms with Gasteiger partial charge >= 0.3 is 0 Å². The minimum Gasteiger partial charge on any atom is -0.340 e. The number of piperidine rings is 1. The van der Waals surface area contributed by atoms with Gasteiger partial charge < -0.3 is 9.80 Å². The lowest BCUT2D eigenvalue weighted by Gasteiger charge is -2.38. The number of aromatic nitrogens is 1. The van der Waals surface area contributed by atoms with E-state index >= 15 is 0 Å². The molecule has 3 atom stereocenters. The Kier molecular flexibility index (Phi) is 6.46. The lowest BCUT2D eigenvalue weighted by molar-refractivity contribution is -0.137. The molecular weight excluding hydrogens is 374 g/mol. The van der Waals surface area contributed by atoms with Gasteiger partial charge in [-0.2, -0.15) is 0 Å². The van der Waals surface area contributed by atoms with Gasteiger partial charge in [0.15, 0.2) is 0 Å². The topological polar surface area (TPSA) is 53.5 Å². The van der Waals surface area contributed by atoms with Crippen molar-refractivity contribution in [3.63, 3.8) is 0 Å². The Morgan fingerprint density at radius 2 is 1.87 bits per heavy atom. The highest BCUT2D eigenvalue weighted by Gasteiger charge is 2.43. The molecule has 0 spiro atoms. The number of nitrogens with zero attached hydrogens (tertiary/aromatic N) is 3. The van der Waals surface area contributed by atoms with Gasteiger partial charge in [-0.05, 0) is 61.8 Å². The number of aryl methyl sites for hydroxylation is 1. The summed E-state index contributed by atoms with van der Waals surface area (Å²) < 4.78 is 0. The van der Waals surface area contributed by atoms with Crippen LogP contribution in [0.25, 0.3) is 0 Å². The van der Waals surface area contributed by atoms with Crippen molar-refractivity contribution in [3.05, 3.63) is 66.0 Å². The second-order valence-electron chi connectivity index (χ2n) is 8.64. The van der Waals surface area contributed by atoms with Crippen molar-refractivity contribution in [1.29, 1.82) is 0 Å². The van der Waals surface area contributed by atoms with Crippen molar-refractivity contribution in [1.82, 2.24) is 14.8 Å². The number of pyridine rings is 1. The molecule has 1 aromatic heterocycles. The quantitative estimate of drug-likeness (QED) is 0.737. The van der Waals surface area contributed by atoms with Crippen molar-refractivity contribution in [2.24, 2.45) is 5.92 Å². The molecule has 158 valence electrons. The molecule has 30 heavy (non-hydrogen) atoms. The molecular formula is C25H31N3O2. The van der Waals surface area contributed by atoms with Crippen LogP contribution < -0.4 is 0 Å². The normalized spacial score (nSPS) is 21.9. The Morgan fingerprint density at radius 3 is 2.63 bits per heavy atom. The molecule has 0 N–H and O–H groups in total. The number of hydrogen-bond acceptors (Lipinski definition) is 3.